The van der Waals surface area contributed by atoms with Gasteiger partial charge in [-0.3, -0.25) is 4.79 Å². The largest absolute Gasteiger partial charge is 0.391 e. The molecule has 1 aliphatic rings. The molecule has 0 aliphatic heterocycles. The van der Waals surface area contributed by atoms with Crippen molar-refractivity contribution in [2.75, 3.05) is 0 Å². The first-order valence-electron chi connectivity index (χ1n) is 6.70. The van der Waals surface area contributed by atoms with Crippen LogP contribution in [-0.2, 0) is 6.42 Å². The molecule has 1 fully saturated rings. The summed E-state index contributed by atoms with van der Waals surface area (Å²) < 4.78 is 0. The molecule has 100 valence electrons. The molecule has 0 radical (unpaired) electrons. The van der Waals surface area contributed by atoms with E-state index >= 15 is 0 Å². The predicted octanol–water partition coefficient (Wildman–Crippen LogP) is 2.65. The van der Waals surface area contributed by atoms with Crippen LogP contribution in [0.2, 0.25) is 0 Å². The van der Waals surface area contributed by atoms with Gasteiger partial charge >= 0.3 is 0 Å². The summed E-state index contributed by atoms with van der Waals surface area (Å²) >= 11 is 1.56. The molecule has 1 aromatic heterocycles. The minimum atomic E-state index is -0.380. The number of aliphatic hydroxyl groups excluding tert-OH is 1. The van der Waals surface area contributed by atoms with Crippen molar-refractivity contribution in [2.24, 2.45) is 0 Å². The fourth-order valence-corrected chi connectivity index (χ4v) is 3.52. The van der Waals surface area contributed by atoms with Gasteiger partial charge in [0.25, 0.3) is 5.91 Å². The van der Waals surface area contributed by atoms with Gasteiger partial charge in [-0.05, 0) is 37.8 Å². The first-order valence-corrected chi connectivity index (χ1v) is 7.51. The van der Waals surface area contributed by atoms with Crippen molar-refractivity contribution in [1.82, 2.24) is 5.32 Å². The molecule has 1 heterocycles. The lowest BCUT2D eigenvalue weighted by Gasteiger charge is -2.28. The Morgan fingerprint density at radius 1 is 1.50 bits per heavy atom. The Labute approximate surface area is 112 Å². The Bertz CT molecular complexity index is 427. The quantitative estimate of drug-likeness (QED) is 0.884. The van der Waals surface area contributed by atoms with Crippen LogP contribution in [0.1, 0.15) is 52.7 Å². The van der Waals surface area contributed by atoms with Gasteiger partial charge in [-0.1, -0.05) is 19.8 Å². The number of thiophene rings is 1. The van der Waals surface area contributed by atoms with Crippen LogP contribution in [0.25, 0.3) is 0 Å². The average molecular weight is 267 g/mol. The van der Waals surface area contributed by atoms with E-state index in [1.165, 1.54) is 10.4 Å². The summed E-state index contributed by atoms with van der Waals surface area (Å²) in [6.45, 7) is 4.15. The van der Waals surface area contributed by atoms with Crippen LogP contribution < -0.4 is 5.32 Å². The summed E-state index contributed by atoms with van der Waals surface area (Å²) in [5.41, 5.74) is 1.19. The molecule has 3 nitrogen and oxygen atoms in total. The molecule has 2 N–H and O–H groups in total. The van der Waals surface area contributed by atoms with Crippen molar-refractivity contribution in [3.05, 3.63) is 21.4 Å². The molecule has 1 amide bonds. The lowest BCUT2D eigenvalue weighted by atomic mass is 9.92. The van der Waals surface area contributed by atoms with E-state index in [0.717, 1.165) is 37.0 Å². The average Bonchev–Trinajstić information content (AvgIpc) is 2.73. The standard InChI is InChI=1S/C14H21NO2S/c1-3-12-9(2)8-13(18-12)14(17)15-10-6-4-5-7-11(10)16/h8,10-11,16H,3-7H2,1-2H3,(H,15,17). The SMILES string of the molecule is CCc1sc(C(=O)NC2CCCCC2O)cc1C. The van der Waals surface area contributed by atoms with Gasteiger partial charge < -0.3 is 10.4 Å². The Balaban J connectivity index is 2.02. The van der Waals surface area contributed by atoms with Crippen molar-refractivity contribution in [2.45, 2.75) is 58.1 Å². The zero-order chi connectivity index (χ0) is 13.1. The molecule has 0 bridgehead atoms. The molecular weight excluding hydrogens is 246 g/mol. The van der Waals surface area contributed by atoms with Crippen LogP contribution in [0.15, 0.2) is 6.07 Å². The maximum Gasteiger partial charge on any atom is 0.261 e. The first-order chi connectivity index (χ1) is 8.61. The predicted molar refractivity (Wildman–Crippen MR) is 74.2 cm³/mol. The van der Waals surface area contributed by atoms with E-state index in [0.29, 0.717) is 0 Å². The second-order valence-electron chi connectivity index (χ2n) is 5.00. The maximum atomic E-state index is 12.1. The smallest absolute Gasteiger partial charge is 0.261 e. The number of rotatable bonds is 3. The third kappa shape index (κ3) is 2.93. The van der Waals surface area contributed by atoms with E-state index in [2.05, 4.69) is 12.2 Å². The number of amides is 1. The van der Waals surface area contributed by atoms with E-state index in [-0.39, 0.29) is 18.1 Å². The van der Waals surface area contributed by atoms with Crippen LogP contribution >= 0.6 is 11.3 Å². The number of carbonyl (C=O) groups excluding carboxylic acids is 1. The summed E-state index contributed by atoms with van der Waals surface area (Å²) in [7, 11) is 0. The van der Waals surface area contributed by atoms with Crippen LogP contribution in [0.5, 0.6) is 0 Å². The molecule has 0 aromatic carbocycles. The van der Waals surface area contributed by atoms with E-state index in [4.69, 9.17) is 0 Å². The zero-order valence-corrected chi connectivity index (χ0v) is 11.8. The number of carbonyl (C=O) groups is 1. The summed E-state index contributed by atoms with van der Waals surface area (Å²) in [6.07, 6.45) is 4.43. The second-order valence-corrected chi connectivity index (χ2v) is 6.14. The van der Waals surface area contributed by atoms with Gasteiger partial charge in [-0.15, -0.1) is 11.3 Å². The molecule has 2 unspecified atom stereocenters. The molecule has 2 rings (SSSR count). The normalized spacial score (nSPS) is 23.9. The molecule has 1 saturated carbocycles. The third-order valence-corrected chi connectivity index (χ3v) is 4.99. The molecule has 1 aliphatic carbocycles. The van der Waals surface area contributed by atoms with Crippen molar-refractivity contribution in [3.8, 4) is 0 Å². The fraction of sp³-hybridized carbons (Fsp3) is 0.643. The molecule has 18 heavy (non-hydrogen) atoms. The lowest BCUT2D eigenvalue weighted by Crippen LogP contribution is -2.44. The summed E-state index contributed by atoms with van der Waals surface area (Å²) in [5.74, 6) is -0.0336. The Morgan fingerprint density at radius 2 is 2.22 bits per heavy atom. The Morgan fingerprint density at radius 3 is 2.83 bits per heavy atom. The van der Waals surface area contributed by atoms with E-state index < -0.39 is 0 Å². The number of hydrogen-bond acceptors (Lipinski definition) is 3. The third-order valence-electron chi connectivity index (χ3n) is 3.61. The number of hydrogen-bond donors (Lipinski definition) is 2. The molecule has 2 atom stereocenters. The minimum Gasteiger partial charge on any atom is -0.391 e. The lowest BCUT2D eigenvalue weighted by molar-refractivity contribution is 0.0720. The van der Waals surface area contributed by atoms with Crippen LogP contribution in [0.4, 0.5) is 0 Å². The highest BCUT2D eigenvalue weighted by Crippen LogP contribution is 2.23. The highest BCUT2D eigenvalue weighted by Gasteiger charge is 2.25. The highest BCUT2D eigenvalue weighted by molar-refractivity contribution is 7.14. The number of aryl methyl sites for hydroxylation is 2. The zero-order valence-electron chi connectivity index (χ0n) is 11.0. The van der Waals surface area contributed by atoms with Gasteiger partial charge in [0, 0.05) is 4.88 Å². The molecular formula is C14H21NO2S. The fourth-order valence-electron chi connectivity index (χ4n) is 2.50. The van der Waals surface area contributed by atoms with Crippen molar-refractivity contribution < 1.29 is 9.90 Å². The topological polar surface area (TPSA) is 49.3 Å². The summed E-state index contributed by atoms with van der Waals surface area (Å²) in [4.78, 5) is 14.2. The summed E-state index contributed by atoms with van der Waals surface area (Å²) in [5, 5.41) is 12.8. The monoisotopic (exact) mass is 267 g/mol. The van der Waals surface area contributed by atoms with Gasteiger partial charge in [0.2, 0.25) is 0 Å². The highest BCUT2D eigenvalue weighted by atomic mass is 32.1. The van der Waals surface area contributed by atoms with E-state index in [1.807, 2.05) is 13.0 Å². The Hall–Kier alpha value is -0.870. The van der Waals surface area contributed by atoms with Crippen LogP contribution in [0.3, 0.4) is 0 Å². The van der Waals surface area contributed by atoms with Gasteiger partial charge in [0.05, 0.1) is 17.0 Å². The van der Waals surface area contributed by atoms with Gasteiger partial charge in [0.1, 0.15) is 0 Å². The van der Waals surface area contributed by atoms with Crippen molar-refractivity contribution >= 4 is 17.2 Å². The second kappa shape index (κ2) is 5.85. The first kappa shape index (κ1) is 13.6. The van der Waals surface area contributed by atoms with E-state index in [1.54, 1.807) is 11.3 Å². The Kier molecular flexibility index (Phi) is 4.40. The molecule has 4 heteroatoms. The van der Waals surface area contributed by atoms with Gasteiger partial charge in [-0.2, -0.15) is 0 Å². The van der Waals surface area contributed by atoms with Crippen molar-refractivity contribution in [1.29, 1.82) is 0 Å². The van der Waals surface area contributed by atoms with Crippen molar-refractivity contribution in [3.63, 3.8) is 0 Å². The minimum absolute atomic E-state index is 0.0336. The molecule has 0 saturated heterocycles. The molecule has 1 aromatic rings. The maximum absolute atomic E-state index is 12.1. The van der Waals surface area contributed by atoms with Gasteiger partial charge in [0.15, 0.2) is 0 Å². The van der Waals surface area contributed by atoms with Crippen LogP contribution in [-0.4, -0.2) is 23.2 Å². The van der Waals surface area contributed by atoms with Gasteiger partial charge in [-0.25, -0.2) is 0 Å². The molecule has 0 spiro atoms. The number of aliphatic hydroxyl groups is 1. The number of nitrogens with one attached hydrogen (secondary N) is 1. The van der Waals surface area contributed by atoms with Crippen LogP contribution in [0, 0.1) is 6.92 Å². The van der Waals surface area contributed by atoms with E-state index in [9.17, 15) is 9.90 Å². The summed E-state index contributed by atoms with van der Waals surface area (Å²) in [6, 6.07) is 1.88.